The van der Waals surface area contributed by atoms with Crippen LogP contribution < -0.4 is 4.74 Å². The summed E-state index contributed by atoms with van der Waals surface area (Å²) in [5.41, 5.74) is 1.97. The Morgan fingerprint density at radius 2 is 1.81 bits per heavy atom. The lowest BCUT2D eigenvalue weighted by Gasteiger charge is -2.08. The maximum atomic E-state index is 11.5. The zero-order valence-electron chi connectivity index (χ0n) is 10.2. The molecule has 1 aromatic rings. The molecule has 0 N–H and O–H groups in total. The van der Waals surface area contributed by atoms with Crippen LogP contribution in [0.5, 0.6) is 5.75 Å². The van der Waals surface area contributed by atoms with Crippen molar-refractivity contribution in [3.05, 3.63) is 35.9 Å². The Labute approximate surface area is 96.3 Å². The molecule has 0 saturated carbocycles. The Morgan fingerprint density at radius 3 is 2.25 bits per heavy atom. The molecular formula is C13H17NO2. The van der Waals surface area contributed by atoms with Gasteiger partial charge in [0.25, 0.3) is 0 Å². The lowest BCUT2D eigenvalue weighted by Crippen LogP contribution is -2.19. The van der Waals surface area contributed by atoms with Crippen molar-refractivity contribution in [2.45, 2.75) is 6.92 Å². The number of hydrogen-bond acceptors (Lipinski definition) is 2. The fourth-order valence-corrected chi connectivity index (χ4v) is 1.25. The van der Waals surface area contributed by atoms with Crippen molar-refractivity contribution in [1.82, 2.24) is 4.90 Å². The summed E-state index contributed by atoms with van der Waals surface area (Å²) < 4.78 is 5.07. The maximum Gasteiger partial charge on any atom is 0.246 e. The van der Waals surface area contributed by atoms with Gasteiger partial charge in [0.15, 0.2) is 0 Å². The Bertz CT molecular complexity index is 391. The van der Waals surface area contributed by atoms with Crippen LogP contribution in [0.4, 0.5) is 0 Å². The van der Waals surface area contributed by atoms with Crippen LogP contribution in [0.15, 0.2) is 30.3 Å². The number of methoxy groups -OCH3 is 1. The molecule has 0 heterocycles. The average molecular weight is 219 g/mol. The lowest BCUT2D eigenvalue weighted by atomic mass is 10.1. The number of amides is 1. The van der Waals surface area contributed by atoms with Crippen molar-refractivity contribution >= 4 is 11.5 Å². The second-order valence-electron chi connectivity index (χ2n) is 3.79. The second kappa shape index (κ2) is 5.35. The summed E-state index contributed by atoms with van der Waals surface area (Å²) in [7, 11) is 5.10. The van der Waals surface area contributed by atoms with E-state index in [1.54, 1.807) is 32.2 Å². The zero-order valence-corrected chi connectivity index (χ0v) is 10.2. The molecule has 0 atom stereocenters. The quantitative estimate of drug-likeness (QED) is 0.729. The third-order valence-electron chi connectivity index (χ3n) is 2.33. The third kappa shape index (κ3) is 3.12. The van der Waals surface area contributed by atoms with Gasteiger partial charge in [0, 0.05) is 20.2 Å². The molecule has 0 saturated heterocycles. The smallest absolute Gasteiger partial charge is 0.246 e. The van der Waals surface area contributed by atoms with Gasteiger partial charge in [0.05, 0.1) is 7.11 Å². The minimum atomic E-state index is -0.00619. The van der Waals surface area contributed by atoms with Gasteiger partial charge in [-0.2, -0.15) is 0 Å². The van der Waals surface area contributed by atoms with Crippen LogP contribution in [0.25, 0.3) is 5.57 Å². The van der Waals surface area contributed by atoms with Crippen LogP contribution in [-0.2, 0) is 4.79 Å². The summed E-state index contributed by atoms with van der Waals surface area (Å²) in [6.07, 6.45) is 1.63. The number of carbonyl (C=O) groups excluding carboxylic acids is 1. The van der Waals surface area contributed by atoms with Gasteiger partial charge < -0.3 is 9.64 Å². The van der Waals surface area contributed by atoms with Crippen LogP contribution >= 0.6 is 0 Å². The molecule has 1 amide bonds. The number of ether oxygens (including phenoxy) is 1. The predicted molar refractivity (Wildman–Crippen MR) is 65.3 cm³/mol. The first-order valence-electron chi connectivity index (χ1n) is 5.08. The molecule has 86 valence electrons. The van der Waals surface area contributed by atoms with Gasteiger partial charge in [-0.05, 0) is 30.2 Å². The Morgan fingerprint density at radius 1 is 1.25 bits per heavy atom. The number of hydrogen-bond donors (Lipinski definition) is 0. The molecule has 16 heavy (non-hydrogen) atoms. The first kappa shape index (κ1) is 12.3. The average Bonchev–Trinajstić information content (AvgIpc) is 2.28. The summed E-state index contributed by atoms with van der Waals surface area (Å²) in [6, 6.07) is 7.64. The maximum absolute atomic E-state index is 11.5. The van der Waals surface area contributed by atoms with Crippen LogP contribution in [0, 0.1) is 0 Å². The highest BCUT2D eigenvalue weighted by Gasteiger charge is 2.02. The SMILES string of the molecule is COc1ccc(/C(C)=C/C(=O)N(C)C)cc1. The summed E-state index contributed by atoms with van der Waals surface area (Å²) in [6.45, 7) is 1.92. The highest BCUT2D eigenvalue weighted by molar-refractivity contribution is 5.94. The van der Waals surface area contributed by atoms with Gasteiger partial charge in [-0.25, -0.2) is 0 Å². The van der Waals surface area contributed by atoms with Gasteiger partial charge in [0.2, 0.25) is 5.91 Å². The molecule has 0 radical (unpaired) electrons. The predicted octanol–water partition coefficient (Wildman–Crippen LogP) is 2.19. The molecule has 0 aliphatic rings. The molecule has 1 aromatic carbocycles. The summed E-state index contributed by atoms with van der Waals surface area (Å²) in [4.78, 5) is 13.0. The molecule has 0 unspecified atom stereocenters. The molecule has 0 bridgehead atoms. The highest BCUT2D eigenvalue weighted by atomic mass is 16.5. The van der Waals surface area contributed by atoms with Crippen LogP contribution in [0.1, 0.15) is 12.5 Å². The van der Waals surface area contributed by atoms with E-state index in [2.05, 4.69) is 0 Å². The topological polar surface area (TPSA) is 29.5 Å². The van der Waals surface area contributed by atoms with Crippen LogP contribution in [0.2, 0.25) is 0 Å². The van der Waals surface area contributed by atoms with Crippen molar-refractivity contribution in [3.8, 4) is 5.75 Å². The minimum absolute atomic E-state index is 0.00619. The standard InChI is InChI=1S/C13H17NO2/c1-10(9-13(15)14(2)3)11-5-7-12(16-4)8-6-11/h5-9H,1-4H3/b10-9+. The number of allylic oxidation sites excluding steroid dienone is 1. The number of nitrogens with zero attached hydrogens (tertiary/aromatic N) is 1. The van der Waals surface area contributed by atoms with E-state index in [0.717, 1.165) is 16.9 Å². The summed E-state index contributed by atoms with van der Waals surface area (Å²) >= 11 is 0. The van der Waals surface area contributed by atoms with Crippen molar-refractivity contribution in [2.75, 3.05) is 21.2 Å². The molecule has 1 rings (SSSR count). The largest absolute Gasteiger partial charge is 0.497 e. The van der Waals surface area contributed by atoms with E-state index in [4.69, 9.17) is 4.74 Å². The van der Waals surface area contributed by atoms with Gasteiger partial charge in [0.1, 0.15) is 5.75 Å². The Balaban J connectivity index is 2.87. The molecule has 3 nitrogen and oxygen atoms in total. The van der Waals surface area contributed by atoms with Crippen molar-refractivity contribution in [1.29, 1.82) is 0 Å². The van der Waals surface area contributed by atoms with E-state index in [9.17, 15) is 4.79 Å². The highest BCUT2D eigenvalue weighted by Crippen LogP contribution is 2.18. The number of rotatable bonds is 3. The Hall–Kier alpha value is -1.77. The molecule has 0 aliphatic heterocycles. The van der Waals surface area contributed by atoms with Crippen molar-refractivity contribution in [3.63, 3.8) is 0 Å². The van der Waals surface area contributed by atoms with Crippen LogP contribution in [0.3, 0.4) is 0 Å². The monoisotopic (exact) mass is 219 g/mol. The van der Waals surface area contributed by atoms with Gasteiger partial charge >= 0.3 is 0 Å². The molecule has 0 aromatic heterocycles. The molecule has 0 fully saturated rings. The summed E-state index contributed by atoms with van der Waals surface area (Å²) in [5, 5.41) is 0. The van der Waals surface area contributed by atoms with E-state index in [0.29, 0.717) is 0 Å². The lowest BCUT2D eigenvalue weighted by molar-refractivity contribution is -0.123. The second-order valence-corrected chi connectivity index (χ2v) is 3.79. The Kier molecular flexibility index (Phi) is 4.11. The van der Waals surface area contributed by atoms with Gasteiger partial charge in [-0.3, -0.25) is 4.79 Å². The van der Waals surface area contributed by atoms with E-state index >= 15 is 0 Å². The first-order chi connectivity index (χ1) is 7.54. The normalized spacial score (nSPS) is 11.1. The molecule has 0 spiro atoms. The first-order valence-corrected chi connectivity index (χ1v) is 5.08. The van der Waals surface area contributed by atoms with E-state index in [1.165, 1.54) is 0 Å². The van der Waals surface area contributed by atoms with Gasteiger partial charge in [-0.15, -0.1) is 0 Å². The minimum Gasteiger partial charge on any atom is -0.497 e. The van der Waals surface area contributed by atoms with E-state index in [-0.39, 0.29) is 5.91 Å². The van der Waals surface area contributed by atoms with Gasteiger partial charge in [-0.1, -0.05) is 12.1 Å². The fraction of sp³-hybridized carbons (Fsp3) is 0.308. The summed E-state index contributed by atoms with van der Waals surface area (Å²) in [5.74, 6) is 0.809. The van der Waals surface area contributed by atoms with Crippen molar-refractivity contribution < 1.29 is 9.53 Å². The van der Waals surface area contributed by atoms with Crippen LogP contribution in [-0.4, -0.2) is 32.0 Å². The van der Waals surface area contributed by atoms with Crippen molar-refractivity contribution in [2.24, 2.45) is 0 Å². The molecular weight excluding hydrogens is 202 g/mol. The third-order valence-corrected chi connectivity index (χ3v) is 2.33. The number of likely N-dealkylation sites (N-methyl/N-ethyl adjacent to an activating group) is 1. The molecule has 0 aliphatic carbocycles. The zero-order chi connectivity index (χ0) is 12.1. The number of carbonyl (C=O) groups is 1. The molecule has 3 heteroatoms. The van der Waals surface area contributed by atoms with E-state index in [1.807, 2.05) is 31.2 Å². The number of benzene rings is 1. The fourth-order valence-electron chi connectivity index (χ4n) is 1.25. The van der Waals surface area contributed by atoms with E-state index < -0.39 is 0 Å².